The number of carbonyl (C=O) groups is 12. The van der Waals surface area contributed by atoms with Gasteiger partial charge in [-0.15, -0.1) is 0 Å². The maximum absolute atomic E-state index is 14.8. The topological polar surface area (TPSA) is 609 Å². The van der Waals surface area contributed by atoms with Crippen LogP contribution < -0.4 is 75.3 Å². The summed E-state index contributed by atoms with van der Waals surface area (Å²) in [5.41, 5.74) is 16.9. The molecular formula is C78H102F3N21O18S. The molecule has 0 radical (unpaired) electrons. The third kappa shape index (κ3) is 29.8. The van der Waals surface area contributed by atoms with Crippen LogP contribution in [-0.2, 0) is 92.9 Å². The predicted molar refractivity (Wildman–Crippen MR) is 431 cm³/mol. The first-order valence-electron chi connectivity index (χ1n) is 38.2. The molecule has 7 aromatic rings. The van der Waals surface area contributed by atoms with E-state index in [2.05, 4.69) is 73.3 Å². The number of carboxylic acid groups (broad SMARTS) is 1. The smallest absolute Gasteiger partial charge is 0.435 e. The maximum atomic E-state index is 14.8. The Labute approximate surface area is 693 Å². The molecule has 9 atom stereocenters. The molecule has 2 aliphatic heterocycles. The van der Waals surface area contributed by atoms with E-state index < -0.39 is 160 Å². The number of aliphatic hydroxyl groups excluding tert-OH is 1. The fourth-order valence-corrected chi connectivity index (χ4v) is 13.2. The van der Waals surface area contributed by atoms with E-state index in [4.69, 9.17) is 36.7 Å². The second-order valence-corrected chi connectivity index (χ2v) is 31.5. The van der Waals surface area contributed by atoms with Gasteiger partial charge >= 0.3 is 12.2 Å². The lowest BCUT2D eigenvalue weighted by Gasteiger charge is -2.31. The van der Waals surface area contributed by atoms with Gasteiger partial charge in [0.1, 0.15) is 60.1 Å². The van der Waals surface area contributed by atoms with Crippen LogP contribution >= 0.6 is 0 Å². The van der Waals surface area contributed by atoms with Crippen molar-refractivity contribution in [3.8, 4) is 22.7 Å². The molecule has 5 heterocycles. The Balaban J connectivity index is 0.000000559. The molecule has 23 N–H and O–H groups in total. The number of amides is 12. The molecular weight excluding hydrogens is 1610 g/mol. The molecule has 9 rings (SSSR count). The average molecular weight is 1710 g/mol. The van der Waals surface area contributed by atoms with Crippen LogP contribution in [0.1, 0.15) is 115 Å². The summed E-state index contributed by atoms with van der Waals surface area (Å²) in [6, 6.07) is 12.3. The first kappa shape index (κ1) is 95.1. The lowest BCUT2D eigenvalue weighted by molar-refractivity contribution is -0.142. The average Bonchev–Trinajstić information content (AvgIpc) is 1.57. The third-order valence-corrected chi connectivity index (χ3v) is 19.6. The van der Waals surface area contributed by atoms with Crippen molar-refractivity contribution in [2.24, 2.45) is 22.5 Å². The highest BCUT2D eigenvalue weighted by Gasteiger charge is 2.41. The number of primary sulfonamides is 1. The molecule has 4 aromatic carbocycles. The number of likely N-dealkylation sites (tertiary alicyclic amines) is 1. The van der Waals surface area contributed by atoms with Gasteiger partial charge in [0, 0.05) is 74.6 Å². The number of urea groups is 1. The van der Waals surface area contributed by atoms with Gasteiger partial charge in [-0.2, -0.15) is 18.3 Å². The fraction of sp³-hybridized carbons (Fsp3) is 0.423. The Kier molecular flexibility index (Phi) is 34.3. The normalized spacial score (nSPS) is 15.6. The number of aromatic amines is 2. The molecule has 39 nitrogen and oxygen atoms in total. The molecule has 0 spiro atoms. The van der Waals surface area contributed by atoms with E-state index in [1.54, 1.807) is 89.3 Å². The standard InChI is InChI=1S/C59H84N18O14.C17H14F3N3O2S.C2H4O2/c1-31(2)22-40(49(82)68-39(12-8-20-64-57(60)61)56(89)77-21-9-13-46(77)55(88)75-76-58(62)90)69-54(87)45(29-91-59(3,4)5)74-50(83)41(23-32-14-16-35(79)17-15-32)70-53(86)44(28-78)73-51(84)42(24-33-26-65-37-11-7-6-10-36(33)37)71-52(85)43(25-34-27-63-30-66-34)72-48(81)38-18-19-47(80)67-38;1-11-2-4-12(5-3-11)15-10-16(17(18,19)20)22-23(15)13-6-8-14(9-7-13)26(21,24)25;1-2(3)4/h6-7,10-11,14-17,26-27,30-31,38-46,65,78-79H,8-9,12-13,18-25,28-29H2,1-5H3,(H,63,66)(H,67,80)(H,68,82)(H,69,87)(H,70,86)(H,71,85)(H,72,81)(H,73,84)(H,74,83)(H,75,88)(H4,60,61,64)(H3,62,76,90);2-10H,1H3,(H2,21,24,25);1H3,(H,3,4)/t38-,39-,40-,41-,42-,43-,44-,45+,46-;;/m0../s1. The van der Waals surface area contributed by atoms with E-state index in [1.807, 2.05) is 12.3 Å². The number of ether oxygens (including phenoxy) is 1. The van der Waals surface area contributed by atoms with Crippen LogP contribution in [0.5, 0.6) is 5.75 Å². The van der Waals surface area contributed by atoms with Gasteiger partial charge in [-0.3, -0.25) is 63.6 Å². The van der Waals surface area contributed by atoms with Gasteiger partial charge in [-0.25, -0.2) is 33.4 Å². The Morgan fingerprint density at radius 2 is 1.30 bits per heavy atom. The van der Waals surface area contributed by atoms with Crippen molar-refractivity contribution in [1.29, 1.82) is 5.41 Å². The highest BCUT2D eigenvalue weighted by molar-refractivity contribution is 7.89. The van der Waals surface area contributed by atoms with Crippen LogP contribution in [0.3, 0.4) is 0 Å². The van der Waals surface area contributed by atoms with E-state index in [0.717, 1.165) is 23.2 Å². The second-order valence-electron chi connectivity index (χ2n) is 29.9. The van der Waals surface area contributed by atoms with E-state index in [1.165, 1.54) is 66.0 Å². The van der Waals surface area contributed by atoms with E-state index in [9.17, 15) is 84.5 Å². The number of phenols is 1. The van der Waals surface area contributed by atoms with Crippen LogP contribution in [0.25, 0.3) is 27.8 Å². The highest BCUT2D eigenvalue weighted by atomic mass is 32.2. The van der Waals surface area contributed by atoms with Gasteiger partial charge < -0.3 is 94.2 Å². The summed E-state index contributed by atoms with van der Waals surface area (Å²) in [7, 11) is -3.90. The van der Waals surface area contributed by atoms with Crippen LogP contribution in [0, 0.1) is 18.3 Å². The number of aromatic hydroxyl groups is 1. The number of imidazole rings is 1. The first-order valence-corrected chi connectivity index (χ1v) is 39.8. The molecule has 121 heavy (non-hydrogen) atoms. The second kappa shape index (κ2) is 43.6. The number of hydrazine groups is 1. The molecule has 0 saturated carbocycles. The van der Waals surface area contributed by atoms with Crippen molar-refractivity contribution in [2.45, 2.75) is 184 Å². The van der Waals surface area contributed by atoms with Gasteiger partial charge in [0.05, 0.1) is 47.1 Å². The number of phenolic OH excluding ortho intramolecular Hbond substituents is 1. The van der Waals surface area contributed by atoms with Crippen LogP contribution in [-0.4, -0.2) is 217 Å². The predicted octanol–water partition coefficient (Wildman–Crippen LogP) is 0.709. The van der Waals surface area contributed by atoms with Gasteiger partial charge in [0.25, 0.3) is 11.9 Å². The number of fused-ring (bicyclic) bond motifs is 1. The Morgan fingerprint density at radius 3 is 1.87 bits per heavy atom. The van der Waals surface area contributed by atoms with Crippen molar-refractivity contribution < 1.29 is 99.2 Å². The molecule has 0 unspecified atom stereocenters. The Bertz CT molecular complexity index is 4900. The van der Waals surface area contributed by atoms with Crippen molar-refractivity contribution in [1.82, 2.24) is 88.3 Å². The molecule has 12 amide bonds. The van der Waals surface area contributed by atoms with Gasteiger partial charge in [-0.05, 0) is 132 Å². The van der Waals surface area contributed by atoms with E-state index in [0.29, 0.717) is 39.7 Å². The van der Waals surface area contributed by atoms with Gasteiger partial charge in [0.15, 0.2) is 11.7 Å². The minimum absolute atomic E-state index is 0.00232. The molecule has 3 aromatic heterocycles. The maximum Gasteiger partial charge on any atom is 0.435 e. The zero-order valence-corrected chi connectivity index (χ0v) is 68.1. The molecule has 654 valence electrons. The third-order valence-electron chi connectivity index (χ3n) is 18.6. The summed E-state index contributed by atoms with van der Waals surface area (Å²) in [4.78, 5) is 172. The number of halogens is 3. The van der Waals surface area contributed by atoms with Crippen LogP contribution in [0.4, 0.5) is 18.0 Å². The van der Waals surface area contributed by atoms with E-state index >= 15 is 0 Å². The summed E-state index contributed by atoms with van der Waals surface area (Å²) in [5, 5.41) is 69.1. The zero-order valence-electron chi connectivity index (χ0n) is 67.2. The zero-order chi connectivity index (χ0) is 89.2. The van der Waals surface area contributed by atoms with Crippen LogP contribution in [0.2, 0.25) is 0 Å². The molecule has 0 aliphatic carbocycles. The summed E-state index contributed by atoms with van der Waals surface area (Å²) in [6.07, 6.45) is 0.349. The number of H-pyrrole nitrogens is 2. The minimum atomic E-state index is -4.61. The number of aliphatic carboxylic acids is 1. The number of nitrogens with one attached hydrogen (secondary N) is 14. The Hall–Kier alpha value is -13.0. The number of hydrogen-bond donors (Lipinski definition) is 20. The van der Waals surface area contributed by atoms with Crippen molar-refractivity contribution >= 4 is 98.0 Å². The fourth-order valence-electron chi connectivity index (χ4n) is 12.7. The van der Waals surface area contributed by atoms with E-state index in [-0.39, 0.29) is 111 Å². The summed E-state index contributed by atoms with van der Waals surface area (Å²) < 4.78 is 69.2. The minimum Gasteiger partial charge on any atom is -0.508 e. The first-order chi connectivity index (χ1) is 57.0. The lowest BCUT2D eigenvalue weighted by atomic mass is 10.0. The van der Waals surface area contributed by atoms with Crippen molar-refractivity contribution in [2.75, 3.05) is 26.3 Å². The number of carbonyl (C=O) groups excluding carboxylic acids is 11. The number of nitrogens with zero attached hydrogens (tertiary/aromatic N) is 4. The molecule has 0 bridgehead atoms. The number of aromatic nitrogens is 5. The number of hydrogen-bond acceptors (Lipinski definition) is 20. The number of primary amides is 1. The SMILES string of the molecule is CC(=O)O.CC(C)C[C@H](NC(=O)[C@@H](COC(C)(C)C)NC(=O)[C@H](Cc1ccc(O)cc1)NC(=O)[C@H](CO)NC(=O)[C@H](Cc1c[nH]c2ccccc12)NC(=O)[C@H](Cc1c[nH]cn1)NC(=O)[C@@H]1CCC(=O)N1)C(=O)N[C@@H](CCCNC(=N)N)C(=O)N1CCC[C@H]1C(=O)NNC(N)=O.Cc1ccc(-c2cc(C(F)(F)F)nn2-c2ccc(S(N)(=O)=O)cc2)cc1. The number of aliphatic hydroxyl groups is 1. The number of nitrogens with two attached hydrogens (primary N) is 3. The number of para-hydroxylation sites is 1. The number of aryl methyl sites for hydroxylation is 1. The number of guanidine groups is 1. The lowest BCUT2D eigenvalue weighted by Crippen LogP contribution is -2.62. The number of benzene rings is 4. The largest absolute Gasteiger partial charge is 0.508 e. The molecule has 2 saturated heterocycles. The van der Waals surface area contributed by atoms with Crippen molar-refractivity contribution in [3.05, 3.63) is 150 Å². The summed E-state index contributed by atoms with van der Waals surface area (Å²) >= 11 is 0. The monoisotopic (exact) mass is 1710 g/mol. The molecule has 2 fully saturated rings. The number of rotatable bonds is 34. The van der Waals surface area contributed by atoms with Crippen LogP contribution in [0.15, 0.2) is 127 Å². The number of sulfonamides is 1. The number of carboxylic acids is 1. The van der Waals surface area contributed by atoms with Gasteiger partial charge in [-0.1, -0.05) is 74.0 Å². The Morgan fingerprint density at radius 1 is 0.719 bits per heavy atom. The summed E-state index contributed by atoms with van der Waals surface area (Å²) in [6.45, 7) is 10.3. The number of alkyl halides is 3. The molecule has 43 heteroatoms. The highest BCUT2D eigenvalue weighted by Crippen LogP contribution is 2.34. The van der Waals surface area contributed by atoms with Gasteiger partial charge in [0.2, 0.25) is 63.2 Å². The summed E-state index contributed by atoms with van der Waals surface area (Å²) in [5.74, 6) is -9.57. The molecule has 2 aliphatic rings. The quantitative estimate of drug-likeness (QED) is 0.0114. The van der Waals surface area contributed by atoms with Crippen molar-refractivity contribution in [3.63, 3.8) is 0 Å².